The van der Waals surface area contributed by atoms with Crippen LogP contribution in [-0.2, 0) is 4.79 Å². The molecule has 0 aliphatic heterocycles. The first-order valence-electron chi connectivity index (χ1n) is 6.47. The fraction of sp³-hybridized carbons (Fsp3) is 0.846. The summed E-state index contributed by atoms with van der Waals surface area (Å²) in [5.41, 5.74) is 5.58. The molecule has 0 heterocycles. The summed E-state index contributed by atoms with van der Waals surface area (Å²) < 4.78 is 0. The molecule has 0 aromatic carbocycles. The zero-order valence-electron chi connectivity index (χ0n) is 12.0. The van der Waals surface area contributed by atoms with E-state index in [9.17, 15) is 4.79 Å². The SMILES string of the molecule is CC(CC(=O)NCCCC(N)=NO)CC(C)(C)C. The summed E-state index contributed by atoms with van der Waals surface area (Å²) in [5.74, 6) is 0.658. The number of hydrogen-bond acceptors (Lipinski definition) is 3. The second-order valence-corrected chi connectivity index (χ2v) is 6.12. The minimum absolute atomic E-state index is 0.0752. The number of oxime groups is 1. The van der Waals surface area contributed by atoms with E-state index in [4.69, 9.17) is 10.9 Å². The average molecular weight is 257 g/mol. The summed E-state index contributed by atoms with van der Waals surface area (Å²) in [4.78, 5) is 11.6. The van der Waals surface area contributed by atoms with Crippen molar-refractivity contribution >= 4 is 11.7 Å². The Hall–Kier alpha value is -1.26. The van der Waals surface area contributed by atoms with Gasteiger partial charge in [-0.05, 0) is 24.2 Å². The van der Waals surface area contributed by atoms with E-state index in [1.807, 2.05) is 0 Å². The van der Waals surface area contributed by atoms with Crippen molar-refractivity contribution in [2.24, 2.45) is 22.2 Å². The number of nitrogens with zero attached hydrogens (tertiary/aromatic N) is 1. The van der Waals surface area contributed by atoms with Crippen molar-refractivity contribution in [3.8, 4) is 0 Å². The maximum Gasteiger partial charge on any atom is 0.220 e. The van der Waals surface area contributed by atoms with Crippen molar-refractivity contribution in [2.45, 2.75) is 53.4 Å². The number of hydrogen-bond donors (Lipinski definition) is 3. The van der Waals surface area contributed by atoms with E-state index in [1.54, 1.807) is 0 Å². The lowest BCUT2D eigenvalue weighted by molar-refractivity contribution is -0.122. The topological polar surface area (TPSA) is 87.7 Å². The van der Waals surface area contributed by atoms with Crippen LogP contribution in [-0.4, -0.2) is 23.5 Å². The lowest BCUT2D eigenvalue weighted by Gasteiger charge is -2.22. The van der Waals surface area contributed by atoms with Gasteiger partial charge in [-0.1, -0.05) is 32.9 Å². The van der Waals surface area contributed by atoms with Gasteiger partial charge in [0.05, 0.1) is 0 Å². The summed E-state index contributed by atoms with van der Waals surface area (Å²) in [5, 5.41) is 14.1. The van der Waals surface area contributed by atoms with Crippen LogP contribution >= 0.6 is 0 Å². The van der Waals surface area contributed by atoms with Crippen molar-refractivity contribution in [3.05, 3.63) is 0 Å². The molecule has 0 aliphatic rings. The van der Waals surface area contributed by atoms with Gasteiger partial charge < -0.3 is 16.3 Å². The molecular formula is C13H27N3O2. The number of rotatable bonds is 7. The van der Waals surface area contributed by atoms with Crippen LogP contribution in [0.2, 0.25) is 0 Å². The van der Waals surface area contributed by atoms with E-state index in [-0.39, 0.29) is 17.2 Å². The molecule has 1 unspecified atom stereocenters. The number of amides is 1. The number of carbonyl (C=O) groups is 1. The highest BCUT2D eigenvalue weighted by Gasteiger charge is 2.17. The highest BCUT2D eigenvalue weighted by molar-refractivity contribution is 5.79. The first kappa shape index (κ1) is 16.7. The first-order valence-corrected chi connectivity index (χ1v) is 6.47. The summed E-state index contributed by atoms with van der Waals surface area (Å²) >= 11 is 0. The molecule has 0 saturated heterocycles. The minimum atomic E-state index is 0.0752. The van der Waals surface area contributed by atoms with E-state index in [1.165, 1.54) is 0 Å². The number of carbonyl (C=O) groups excluding carboxylic acids is 1. The summed E-state index contributed by atoms with van der Waals surface area (Å²) in [7, 11) is 0. The monoisotopic (exact) mass is 257 g/mol. The van der Waals surface area contributed by atoms with Crippen molar-refractivity contribution < 1.29 is 10.0 Å². The van der Waals surface area contributed by atoms with Crippen molar-refractivity contribution in [2.75, 3.05) is 6.54 Å². The van der Waals surface area contributed by atoms with E-state index in [0.717, 1.165) is 6.42 Å². The molecule has 0 fully saturated rings. The molecular weight excluding hydrogens is 230 g/mol. The van der Waals surface area contributed by atoms with Crippen LogP contribution in [0.15, 0.2) is 5.16 Å². The molecule has 0 aromatic rings. The smallest absolute Gasteiger partial charge is 0.220 e. The van der Waals surface area contributed by atoms with Gasteiger partial charge in [0.1, 0.15) is 5.84 Å². The van der Waals surface area contributed by atoms with Gasteiger partial charge in [-0.2, -0.15) is 0 Å². The van der Waals surface area contributed by atoms with Crippen LogP contribution in [0.25, 0.3) is 0 Å². The van der Waals surface area contributed by atoms with Gasteiger partial charge in [-0.25, -0.2) is 0 Å². The van der Waals surface area contributed by atoms with Gasteiger partial charge in [0.15, 0.2) is 0 Å². The molecule has 0 saturated carbocycles. The number of nitrogens with one attached hydrogen (secondary N) is 1. The Kier molecular flexibility index (Phi) is 7.39. The fourth-order valence-electron chi connectivity index (χ4n) is 2.05. The fourth-order valence-corrected chi connectivity index (χ4v) is 2.05. The molecule has 106 valence electrons. The summed E-state index contributed by atoms with van der Waals surface area (Å²) in [6.45, 7) is 9.20. The Bertz CT molecular complexity index is 282. The van der Waals surface area contributed by atoms with Crippen LogP contribution < -0.4 is 11.1 Å². The van der Waals surface area contributed by atoms with Gasteiger partial charge in [-0.3, -0.25) is 4.79 Å². The van der Waals surface area contributed by atoms with Crippen LogP contribution in [0.1, 0.15) is 53.4 Å². The Morgan fingerprint density at radius 1 is 1.44 bits per heavy atom. The standard InChI is InChI=1S/C13H27N3O2/c1-10(9-13(2,3)4)8-12(17)15-7-5-6-11(14)16-18/h10,18H,5-9H2,1-4H3,(H2,14,16)(H,15,17). The maximum atomic E-state index is 11.6. The molecule has 5 nitrogen and oxygen atoms in total. The molecule has 18 heavy (non-hydrogen) atoms. The molecule has 0 spiro atoms. The number of amidine groups is 1. The third kappa shape index (κ3) is 9.93. The zero-order valence-corrected chi connectivity index (χ0v) is 12.0. The highest BCUT2D eigenvalue weighted by atomic mass is 16.4. The molecule has 0 radical (unpaired) electrons. The predicted octanol–water partition coefficient (Wildman–Crippen LogP) is 2.09. The Labute approximate surface area is 110 Å². The quantitative estimate of drug-likeness (QED) is 0.214. The van der Waals surface area contributed by atoms with Crippen molar-refractivity contribution in [1.82, 2.24) is 5.32 Å². The third-order valence-electron chi connectivity index (χ3n) is 2.56. The van der Waals surface area contributed by atoms with E-state index >= 15 is 0 Å². The lowest BCUT2D eigenvalue weighted by atomic mass is 9.84. The van der Waals surface area contributed by atoms with Gasteiger partial charge >= 0.3 is 0 Å². The molecule has 0 aromatic heterocycles. The Balaban J connectivity index is 3.72. The third-order valence-corrected chi connectivity index (χ3v) is 2.56. The second-order valence-electron chi connectivity index (χ2n) is 6.12. The molecule has 0 aliphatic carbocycles. The maximum absolute atomic E-state index is 11.6. The van der Waals surface area contributed by atoms with Gasteiger partial charge in [0.25, 0.3) is 0 Å². The first-order chi connectivity index (χ1) is 8.24. The van der Waals surface area contributed by atoms with E-state index < -0.39 is 0 Å². The van der Waals surface area contributed by atoms with Crippen molar-refractivity contribution in [1.29, 1.82) is 0 Å². The Morgan fingerprint density at radius 3 is 2.56 bits per heavy atom. The number of nitrogens with two attached hydrogens (primary N) is 1. The summed E-state index contributed by atoms with van der Waals surface area (Å²) in [6.07, 6.45) is 2.77. The second kappa shape index (κ2) is 7.95. The Morgan fingerprint density at radius 2 is 2.06 bits per heavy atom. The van der Waals surface area contributed by atoms with Gasteiger partial charge in [-0.15, -0.1) is 0 Å². The lowest BCUT2D eigenvalue weighted by Crippen LogP contribution is -2.27. The highest BCUT2D eigenvalue weighted by Crippen LogP contribution is 2.25. The zero-order chi connectivity index (χ0) is 14.2. The largest absolute Gasteiger partial charge is 0.409 e. The predicted molar refractivity (Wildman–Crippen MR) is 73.5 cm³/mol. The van der Waals surface area contributed by atoms with Gasteiger partial charge in [0.2, 0.25) is 5.91 Å². The molecule has 1 amide bonds. The molecule has 0 rings (SSSR count). The average Bonchev–Trinajstić information content (AvgIpc) is 2.21. The van der Waals surface area contributed by atoms with Crippen molar-refractivity contribution in [3.63, 3.8) is 0 Å². The van der Waals surface area contributed by atoms with Crippen LogP contribution in [0, 0.1) is 11.3 Å². The van der Waals surface area contributed by atoms with Crippen LogP contribution in [0.4, 0.5) is 0 Å². The molecule has 1 atom stereocenters. The normalized spacial score (nSPS) is 14.3. The van der Waals surface area contributed by atoms with Gasteiger partial charge in [0, 0.05) is 19.4 Å². The summed E-state index contributed by atoms with van der Waals surface area (Å²) in [6, 6.07) is 0. The molecule has 4 N–H and O–H groups in total. The van der Waals surface area contributed by atoms with Crippen LogP contribution in [0.5, 0.6) is 0 Å². The minimum Gasteiger partial charge on any atom is -0.409 e. The van der Waals surface area contributed by atoms with E-state index in [0.29, 0.717) is 31.7 Å². The molecule has 0 bridgehead atoms. The molecule has 5 heteroatoms. The van der Waals surface area contributed by atoms with Crippen LogP contribution in [0.3, 0.4) is 0 Å². The van der Waals surface area contributed by atoms with E-state index in [2.05, 4.69) is 38.2 Å².